The first-order chi connectivity index (χ1) is 15.7. The van der Waals surface area contributed by atoms with Gasteiger partial charge in [-0.25, -0.2) is 9.67 Å². The number of carbonyl (C=O) groups excluding carboxylic acids is 1. The van der Waals surface area contributed by atoms with Crippen LogP contribution in [0, 0.1) is 23.2 Å². The largest absolute Gasteiger partial charge is 0.416 e. The van der Waals surface area contributed by atoms with E-state index in [1.807, 2.05) is 0 Å². The summed E-state index contributed by atoms with van der Waals surface area (Å²) in [5.41, 5.74) is -1.20. The molecule has 0 saturated heterocycles. The highest BCUT2D eigenvalue weighted by Crippen LogP contribution is 2.60. The van der Waals surface area contributed by atoms with Crippen LogP contribution in [0.3, 0.4) is 0 Å². The number of halogens is 3. The number of rotatable bonds is 4. The van der Waals surface area contributed by atoms with E-state index in [9.17, 15) is 22.8 Å². The molecular formula is C24H23F3N4O2. The summed E-state index contributed by atoms with van der Waals surface area (Å²) in [6.45, 7) is -0.0251. The highest BCUT2D eigenvalue weighted by Gasteiger charge is 2.54. The fourth-order valence-corrected chi connectivity index (χ4v) is 6.84. The monoisotopic (exact) mass is 456 g/mol. The van der Waals surface area contributed by atoms with Crippen LogP contribution in [-0.2, 0) is 17.5 Å². The summed E-state index contributed by atoms with van der Waals surface area (Å²) in [4.78, 5) is 30.8. The Hall–Kier alpha value is -2.97. The van der Waals surface area contributed by atoms with E-state index in [0.717, 1.165) is 31.4 Å². The maximum Gasteiger partial charge on any atom is 0.416 e. The third kappa shape index (κ3) is 3.31. The standard InChI is InChI=1S/C24H23F3N4O2/c25-24(26,27)17-2-1-3-18(7-17)31-21-19(11-29-31)22(33)30(13-28-21)12-20(32)23-8-14-4-15(9-23)6-16(5-14)10-23/h1-3,7,11,13-16H,4-6,8-10,12H2. The summed E-state index contributed by atoms with van der Waals surface area (Å²) in [5.74, 6) is 1.99. The third-order valence-electron chi connectivity index (χ3n) is 7.92. The third-order valence-corrected chi connectivity index (χ3v) is 7.92. The molecule has 9 heteroatoms. The molecule has 172 valence electrons. The molecule has 0 radical (unpaired) electrons. The molecule has 1 aromatic carbocycles. The van der Waals surface area contributed by atoms with E-state index in [1.54, 1.807) is 0 Å². The summed E-state index contributed by atoms with van der Waals surface area (Å²) in [7, 11) is 0. The van der Waals surface area contributed by atoms with E-state index in [2.05, 4.69) is 10.1 Å². The molecule has 33 heavy (non-hydrogen) atoms. The van der Waals surface area contributed by atoms with Gasteiger partial charge in [-0.3, -0.25) is 14.2 Å². The maximum absolute atomic E-state index is 13.4. The molecule has 3 aromatic rings. The SMILES string of the molecule is O=C(Cn1cnc2c(cnn2-c2cccc(C(F)(F)F)c2)c1=O)C12CC3CC(CC(C3)C1)C2. The van der Waals surface area contributed by atoms with Gasteiger partial charge in [0.15, 0.2) is 11.4 Å². The van der Waals surface area contributed by atoms with Gasteiger partial charge < -0.3 is 0 Å². The maximum atomic E-state index is 13.4. The first kappa shape index (κ1) is 20.6. The number of carbonyl (C=O) groups is 1. The second-order valence-electron chi connectivity index (χ2n) is 10.1. The van der Waals surface area contributed by atoms with E-state index in [-0.39, 0.29) is 34.5 Å². The number of hydrogen-bond donors (Lipinski definition) is 0. The van der Waals surface area contributed by atoms with Crippen LogP contribution in [-0.4, -0.2) is 25.1 Å². The average molecular weight is 456 g/mol. The molecule has 4 aliphatic rings. The number of nitrogens with zero attached hydrogens (tertiary/aromatic N) is 4. The van der Waals surface area contributed by atoms with Gasteiger partial charge in [-0.2, -0.15) is 18.3 Å². The molecule has 0 spiro atoms. The second-order valence-corrected chi connectivity index (χ2v) is 10.1. The molecule has 4 fully saturated rings. The molecule has 2 heterocycles. The van der Waals surface area contributed by atoms with Gasteiger partial charge in [0, 0.05) is 5.41 Å². The Morgan fingerprint density at radius 3 is 2.39 bits per heavy atom. The summed E-state index contributed by atoms with van der Waals surface area (Å²) >= 11 is 0. The van der Waals surface area contributed by atoms with Crippen molar-refractivity contribution in [3.63, 3.8) is 0 Å². The molecule has 4 saturated carbocycles. The molecular weight excluding hydrogens is 433 g/mol. The predicted molar refractivity (Wildman–Crippen MR) is 114 cm³/mol. The Morgan fingerprint density at radius 2 is 1.76 bits per heavy atom. The lowest BCUT2D eigenvalue weighted by atomic mass is 9.48. The van der Waals surface area contributed by atoms with Gasteiger partial charge in [-0.1, -0.05) is 6.07 Å². The van der Waals surface area contributed by atoms with Crippen LogP contribution in [0.2, 0.25) is 0 Å². The van der Waals surface area contributed by atoms with Crippen LogP contribution < -0.4 is 5.56 Å². The molecule has 0 aliphatic heterocycles. The van der Waals surface area contributed by atoms with Gasteiger partial charge in [0.25, 0.3) is 5.56 Å². The minimum Gasteiger partial charge on any atom is -0.297 e. The average Bonchev–Trinajstić information content (AvgIpc) is 3.19. The molecule has 4 bridgehead atoms. The van der Waals surface area contributed by atoms with Crippen LogP contribution in [0.15, 0.2) is 41.6 Å². The minimum absolute atomic E-state index is 0.0251. The van der Waals surface area contributed by atoms with Gasteiger partial charge in [-0.05, 0) is 74.5 Å². The van der Waals surface area contributed by atoms with Crippen LogP contribution >= 0.6 is 0 Å². The molecule has 0 amide bonds. The van der Waals surface area contributed by atoms with E-state index in [4.69, 9.17) is 0 Å². The quantitative estimate of drug-likeness (QED) is 0.584. The van der Waals surface area contributed by atoms with E-state index in [0.29, 0.717) is 17.8 Å². The van der Waals surface area contributed by atoms with E-state index < -0.39 is 17.3 Å². The zero-order valence-corrected chi connectivity index (χ0v) is 17.9. The van der Waals surface area contributed by atoms with Crippen molar-refractivity contribution < 1.29 is 18.0 Å². The first-order valence-electron chi connectivity index (χ1n) is 11.4. The number of fused-ring (bicyclic) bond motifs is 1. The van der Waals surface area contributed by atoms with Crippen molar-refractivity contribution >= 4 is 16.8 Å². The van der Waals surface area contributed by atoms with Crippen LogP contribution in [0.25, 0.3) is 16.7 Å². The number of benzene rings is 1. The summed E-state index contributed by atoms with van der Waals surface area (Å²) in [6.07, 6.45) is 4.60. The normalized spacial score (nSPS) is 28.5. The second kappa shape index (κ2) is 7.01. The molecule has 6 nitrogen and oxygen atoms in total. The van der Waals surface area contributed by atoms with Crippen molar-refractivity contribution in [3.05, 3.63) is 52.7 Å². The number of Topliss-reactive ketones (excluding diaryl/α,β-unsaturated/α-hetero) is 1. The topological polar surface area (TPSA) is 69.8 Å². The highest BCUT2D eigenvalue weighted by atomic mass is 19.4. The predicted octanol–water partition coefficient (Wildman–Crippen LogP) is 4.39. The fraction of sp³-hybridized carbons (Fsp3) is 0.500. The summed E-state index contributed by atoms with van der Waals surface area (Å²) in [6, 6.07) is 4.71. The van der Waals surface area contributed by atoms with E-state index >= 15 is 0 Å². The number of ketones is 1. The molecule has 7 rings (SSSR count). The van der Waals surface area contributed by atoms with Crippen molar-refractivity contribution in [2.24, 2.45) is 23.2 Å². The lowest BCUT2D eigenvalue weighted by Crippen LogP contribution is -2.51. The Balaban J connectivity index is 1.31. The van der Waals surface area contributed by atoms with Crippen LogP contribution in [0.1, 0.15) is 44.1 Å². The Morgan fingerprint density at radius 1 is 1.09 bits per heavy atom. The van der Waals surface area contributed by atoms with Crippen LogP contribution in [0.4, 0.5) is 13.2 Å². The fourth-order valence-electron chi connectivity index (χ4n) is 6.84. The minimum atomic E-state index is -4.49. The Bertz CT molecular complexity index is 1290. The van der Waals surface area contributed by atoms with Crippen molar-refractivity contribution in [2.45, 2.75) is 51.2 Å². The van der Waals surface area contributed by atoms with Crippen molar-refractivity contribution in [2.75, 3.05) is 0 Å². The number of alkyl halides is 3. The van der Waals surface area contributed by atoms with Gasteiger partial charge >= 0.3 is 6.18 Å². The van der Waals surface area contributed by atoms with Crippen molar-refractivity contribution in [3.8, 4) is 5.69 Å². The smallest absolute Gasteiger partial charge is 0.297 e. The summed E-state index contributed by atoms with van der Waals surface area (Å²) < 4.78 is 41.8. The van der Waals surface area contributed by atoms with Gasteiger partial charge in [-0.15, -0.1) is 0 Å². The molecule has 0 N–H and O–H groups in total. The van der Waals surface area contributed by atoms with Gasteiger partial charge in [0.1, 0.15) is 11.7 Å². The molecule has 0 unspecified atom stereocenters. The lowest BCUT2D eigenvalue weighted by molar-refractivity contribution is -0.144. The Kier molecular flexibility index (Phi) is 4.38. The molecule has 2 aromatic heterocycles. The molecule has 4 aliphatic carbocycles. The number of aromatic nitrogens is 4. The molecule has 0 atom stereocenters. The Labute approximate surface area is 187 Å². The lowest BCUT2D eigenvalue weighted by Gasteiger charge is -2.56. The van der Waals surface area contributed by atoms with Gasteiger partial charge in [0.2, 0.25) is 0 Å². The van der Waals surface area contributed by atoms with Crippen molar-refractivity contribution in [1.82, 2.24) is 19.3 Å². The van der Waals surface area contributed by atoms with Crippen LogP contribution in [0.5, 0.6) is 0 Å². The van der Waals surface area contributed by atoms with Crippen molar-refractivity contribution in [1.29, 1.82) is 0 Å². The number of hydrogen-bond acceptors (Lipinski definition) is 4. The first-order valence-corrected chi connectivity index (χ1v) is 11.4. The van der Waals surface area contributed by atoms with Gasteiger partial charge in [0.05, 0.1) is 24.0 Å². The van der Waals surface area contributed by atoms with E-state index in [1.165, 1.54) is 53.2 Å². The zero-order chi connectivity index (χ0) is 23.0. The highest BCUT2D eigenvalue weighted by molar-refractivity contribution is 5.85. The summed E-state index contributed by atoms with van der Waals surface area (Å²) in [5, 5.41) is 4.29. The zero-order valence-electron chi connectivity index (χ0n) is 17.9.